The second-order valence-corrected chi connectivity index (χ2v) is 5.63. The molecule has 0 radical (unpaired) electrons. The molecule has 0 aromatic carbocycles. The molecule has 1 N–H and O–H groups in total. The Labute approximate surface area is 119 Å². The fourth-order valence-corrected chi connectivity index (χ4v) is 3.40. The van der Waals surface area contributed by atoms with E-state index in [1.807, 2.05) is 6.20 Å². The molecule has 0 spiro atoms. The fourth-order valence-electron chi connectivity index (χ4n) is 2.58. The van der Waals surface area contributed by atoms with Crippen molar-refractivity contribution in [2.75, 3.05) is 5.75 Å². The normalized spacial score (nSPS) is 11.8. The maximum Gasteiger partial charge on any atom is 0.313 e. The Kier molecular flexibility index (Phi) is 5.91. The zero-order chi connectivity index (χ0) is 14.5. The highest BCUT2D eigenvalue weighted by Gasteiger charge is 2.30. The van der Waals surface area contributed by atoms with Crippen molar-refractivity contribution in [3.63, 3.8) is 0 Å². The number of carboxylic acids is 1. The van der Waals surface area contributed by atoms with Crippen LogP contribution >= 0.6 is 11.8 Å². The van der Waals surface area contributed by atoms with Crippen molar-refractivity contribution >= 4 is 17.7 Å². The lowest BCUT2D eigenvalue weighted by molar-refractivity contribution is -0.133. The van der Waals surface area contributed by atoms with Crippen LogP contribution in [0, 0.1) is 0 Å². The SMILES string of the molecule is CCc1cnc(SCC(=O)O)n1C(CC)(CC)CC. The number of hydrogen-bond acceptors (Lipinski definition) is 3. The second-order valence-electron chi connectivity index (χ2n) is 4.69. The van der Waals surface area contributed by atoms with Crippen molar-refractivity contribution in [3.8, 4) is 0 Å². The number of thioether (sulfide) groups is 1. The minimum atomic E-state index is -0.798. The molecule has 0 bridgehead atoms. The average Bonchev–Trinajstić information content (AvgIpc) is 2.83. The van der Waals surface area contributed by atoms with Crippen LogP contribution < -0.4 is 0 Å². The predicted molar refractivity (Wildman–Crippen MR) is 78.8 cm³/mol. The standard InChI is InChI=1S/C14H24N2O2S/c1-5-11-9-15-13(19-10-12(17)18)16(11)14(6-2,7-3)8-4/h9H,5-8,10H2,1-4H3,(H,17,18). The smallest absolute Gasteiger partial charge is 0.313 e. The van der Waals surface area contributed by atoms with Gasteiger partial charge in [-0.05, 0) is 25.7 Å². The van der Waals surface area contributed by atoms with Crippen molar-refractivity contribution in [1.29, 1.82) is 0 Å². The Morgan fingerprint density at radius 3 is 2.32 bits per heavy atom. The van der Waals surface area contributed by atoms with Crippen molar-refractivity contribution in [3.05, 3.63) is 11.9 Å². The summed E-state index contributed by atoms with van der Waals surface area (Å²) in [7, 11) is 0. The number of aliphatic carboxylic acids is 1. The zero-order valence-electron chi connectivity index (χ0n) is 12.3. The molecular formula is C14H24N2O2S. The monoisotopic (exact) mass is 284 g/mol. The van der Waals surface area contributed by atoms with Gasteiger partial charge in [-0.2, -0.15) is 0 Å². The van der Waals surface area contributed by atoms with Gasteiger partial charge in [0.25, 0.3) is 0 Å². The van der Waals surface area contributed by atoms with Gasteiger partial charge in [0, 0.05) is 17.4 Å². The summed E-state index contributed by atoms with van der Waals surface area (Å²) in [4.78, 5) is 15.2. The Balaban J connectivity index is 3.20. The number of aryl methyl sites for hydroxylation is 1. The molecule has 0 fully saturated rings. The van der Waals surface area contributed by atoms with Crippen LogP contribution in [0.2, 0.25) is 0 Å². The van der Waals surface area contributed by atoms with E-state index in [4.69, 9.17) is 5.11 Å². The quantitative estimate of drug-likeness (QED) is 0.742. The first-order chi connectivity index (χ1) is 9.04. The molecule has 19 heavy (non-hydrogen) atoms. The van der Waals surface area contributed by atoms with Gasteiger partial charge in [-0.3, -0.25) is 4.79 Å². The Bertz CT molecular complexity index is 417. The summed E-state index contributed by atoms with van der Waals surface area (Å²) >= 11 is 1.32. The fraction of sp³-hybridized carbons (Fsp3) is 0.714. The Morgan fingerprint density at radius 1 is 1.32 bits per heavy atom. The molecule has 0 amide bonds. The summed E-state index contributed by atoms with van der Waals surface area (Å²) in [6.07, 6.45) is 5.90. The zero-order valence-corrected chi connectivity index (χ0v) is 13.1. The third kappa shape index (κ3) is 3.32. The van der Waals surface area contributed by atoms with Gasteiger partial charge < -0.3 is 9.67 Å². The van der Waals surface area contributed by atoms with E-state index in [-0.39, 0.29) is 11.3 Å². The molecule has 0 aliphatic carbocycles. The van der Waals surface area contributed by atoms with E-state index in [0.29, 0.717) is 0 Å². The van der Waals surface area contributed by atoms with Crippen LogP contribution in [0.4, 0.5) is 0 Å². The number of rotatable bonds is 8. The number of carboxylic acid groups (broad SMARTS) is 1. The highest BCUT2D eigenvalue weighted by Crippen LogP contribution is 2.35. The Morgan fingerprint density at radius 2 is 1.89 bits per heavy atom. The summed E-state index contributed by atoms with van der Waals surface area (Å²) < 4.78 is 2.28. The topological polar surface area (TPSA) is 55.1 Å². The highest BCUT2D eigenvalue weighted by atomic mass is 32.2. The molecule has 108 valence electrons. The molecule has 0 aliphatic heterocycles. The first-order valence-corrected chi connectivity index (χ1v) is 7.94. The van der Waals surface area contributed by atoms with Crippen molar-refractivity contribution in [2.45, 2.75) is 64.1 Å². The summed E-state index contributed by atoms with van der Waals surface area (Å²) in [6.45, 7) is 8.69. The van der Waals surface area contributed by atoms with E-state index >= 15 is 0 Å². The van der Waals surface area contributed by atoms with Crippen LogP contribution in [-0.2, 0) is 16.8 Å². The molecule has 0 saturated heterocycles. The van der Waals surface area contributed by atoms with Gasteiger partial charge in [-0.1, -0.05) is 39.5 Å². The lowest BCUT2D eigenvalue weighted by Gasteiger charge is -2.35. The maximum atomic E-state index is 10.8. The first-order valence-electron chi connectivity index (χ1n) is 6.96. The summed E-state index contributed by atoms with van der Waals surface area (Å²) in [5.41, 5.74) is 1.25. The van der Waals surface area contributed by atoms with Crippen LogP contribution in [0.3, 0.4) is 0 Å². The van der Waals surface area contributed by atoms with E-state index in [9.17, 15) is 4.79 Å². The molecule has 5 heteroatoms. The van der Waals surface area contributed by atoms with E-state index in [0.717, 1.165) is 30.8 Å². The van der Waals surface area contributed by atoms with Gasteiger partial charge in [0.2, 0.25) is 0 Å². The third-order valence-corrected chi connectivity index (χ3v) is 4.88. The highest BCUT2D eigenvalue weighted by molar-refractivity contribution is 7.99. The molecule has 1 rings (SSSR count). The largest absolute Gasteiger partial charge is 0.481 e. The van der Waals surface area contributed by atoms with E-state index in [1.165, 1.54) is 17.5 Å². The van der Waals surface area contributed by atoms with Gasteiger partial charge >= 0.3 is 5.97 Å². The summed E-state index contributed by atoms with van der Waals surface area (Å²) in [6, 6.07) is 0. The number of aromatic nitrogens is 2. The van der Waals surface area contributed by atoms with Gasteiger partial charge in [0.1, 0.15) is 0 Å². The maximum absolute atomic E-state index is 10.8. The van der Waals surface area contributed by atoms with Gasteiger partial charge in [0.05, 0.1) is 5.75 Å². The van der Waals surface area contributed by atoms with Gasteiger partial charge in [-0.15, -0.1) is 0 Å². The van der Waals surface area contributed by atoms with Crippen LogP contribution in [0.15, 0.2) is 11.4 Å². The number of nitrogens with zero attached hydrogens (tertiary/aromatic N) is 2. The van der Waals surface area contributed by atoms with Crippen LogP contribution in [0.1, 0.15) is 52.7 Å². The minimum Gasteiger partial charge on any atom is -0.481 e. The molecule has 1 heterocycles. The van der Waals surface area contributed by atoms with E-state index < -0.39 is 5.97 Å². The number of carbonyl (C=O) groups is 1. The first kappa shape index (κ1) is 16.1. The van der Waals surface area contributed by atoms with Gasteiger partial charge in [0.15, 0.2) is 5.16 Å². The molecule has 4 nitrogen and oxygen atoms in total. The summed E-state index contributed by atoms with van der Waals surface area (Å²) in [5, 5.41) is 9.68. The van der Waals surface area contributed by atoms with Crippen molar-refractivity contribution in [2.24, 2.45) is 0 Å². The lowest BCUT2D eigenvalue weighted by atomic mass is 9.89. The van der Waals surface area contributed by atoms with E-state index in [2.05, 4.69) is 37.2 Å². The minimum absolute atomic E-state index is 0.0582. The molecule has 1 aromatic rings. The predicted octanol–water partition coefficient (Wildman–Crippen LogP) is 3.55. The number of imidazole rings is 1. The third-order valence-electron chi connectivity index (χ3n) is 3.94. The molecule has 0 atom stereocenters. The van der Waals surface area contributed by atoms with Crippen molar-refractivity contribution in [1.82, 2.24) is 9.55 Å². The van der Waals surface area contributed by atoms with Crippen LogP contribution in [-0.4, -0.2) is 26.4 Å². The number of hydrogen-bond donors (Lipinski definition) is 1. The Hall–Kier alpha value is -0.970. The molecule has 1 aromatic heterocycles. The average molecular weight is 284 g/mol. The van der Waals surface area contributed by atoms with Crippen LogP contribution in [0.5, 0.6) is 0 Å². The second kappa shape index (κ2) is 6.98. The summed E-state index contributed by atoms with van der Waals surface area (Å²) in [5.74, 6) is -0.736. The molecular weight excluding hydrogens is 260 g/mol. The molecule has 0 unspecified atom stereocenters. The van der Waals surface area contributed by atoms with Crippen LogP contribution in [0.25, 0.3) is 0 Å². The van der Waals surface area contributed by atoms with Crippen molar-refractivity contribution < 1.29 is 9.90 Å². The molecule has 0 aliphatic rings. The van der Waals surface area contributed by atoms with Gasteiger partial charge in [-0.25, -0.2) is 4.98 Å². The molecule has 0 saturated carbocycles. The lowest BCUT2D eigenvalue weighted by Crippen LogP contribution is -2.33. The van der Waals surface area contributed by atoms with E-state index in [1.54, 1.807) is 0 Å².